The highest BCUT2D eigenvalue weighted by Crippen LogP contribution is 2.32. The number of nitrogens with one attached hydrogen (secondary N) is 1. The third-order valence-corrected chi connectivity index (χ3v) is 4.33. The molecule has 4 heteroatoms. The monoisotopic (exact) mass is 297 g/mol. The molecule has 0 bridgehead atoms. The average Bonchev–Trinajstić information content (AvgIpc) is 2.80. The van der Waals surface area contributed by atoms with Crippen molar-refractivity contribution in [2.24, 2.45) is 0 Å². The van der Waals surface area contributed by atoms with Crippen LogP contribution in [0.15, 0.2) is 30.3 Å². The molecule has 1 aromatic heterocycles. The van der Waals surface area contributed by atoms with Gasteiger partial charge in [-0.25, -0.2) is 4.39 Å². The SMILES string of the molecule is CCCNC(c1ccc(Cl)s1)c1cc(F)ccc1C. The average molecular weight is 298 g/mol. The summed E-state index contributed by atoms with van der Waals surface area (Å²) in [5, 5.41) is 3.47. The molecular weight excluding hydrogens is 281 g/mol. The number of hydrogen-bond acceptors (Lipinski definition) is 2. The first-order valence-corrected chi connectivity index (χ1v) is 7.56. The Hall–Kier alpha value is -0.900. The van der Waals surface area contributed by atoms with E-state index in [0.29, 0.717) is 0 Å². The lowest BCUT2D eigenvalue weighted by molar-refractivity contribution is 0.588. The molecule has 0 fully saturated rings. The van der Waals surface area contributed by atoms with Crippen LogP contribution in [0.25, 0.3) is 0 Å². The second-order valence-corrected chi connectivity index (χ2v) is 6.28. The lowest BCUT2D eigenvalue weighted by Gasteiger charge is -2.20. The normalized spacial score (nSPS) is 12.6. The lowest BCUT2D eigenvalue weighted by Crippen LogP contribution is -2.23. The third kappa shape index (κ3) is 3.56. The molecule has 1 unspecified atom stereocenters. The molecule has 2 rings (SSSR count). The molecule has 2 aromatic rings. The van der Waals surface area contributed by atoms with E-state index in [1.165, 1.54) is 17.4 Å². The van der Waals surface area contributed by atoms with Crippen molar-refractivity contribution in [2.75, 3.05) is 6.54 Å². The Kier molecular flexibility index (Phi) is 4.97. The Bertz CT molecular complexity index is 553. The molecule has 1 aromatic carbocycles. The van der Waals surface area contributed by atoms with Crippen LogP contribution >= 0.6 is 22.9 Å². The maximum atomic E-state index is 13.5. The molecule has 0 aliphatic carbocycles. The number of aryl methyl sites for hydroxylation is 1. The Balaban J connectivity index is 2.39. The summed E-state index contributed by atoms with van der Waals surface area (Å²) >= 11 is 7.55. The number of rotatable bonds is 5. The van der Waals surface area contributed by atoms with Gasteiger partial charge in [0, 0.05) is 4.88 Å². The molecule has 102 valence electrons. The van der Waals surface area contributed by atoms with Crippen LogP contribution in [-0.4, -0.2) is 6.54 Å². The van der Waals surface area contributed by atoms with Gasteiger partial charge in [0.1, 0.15) is 5.82 Å². The Morgan fingerprint density at radius 2 is 2.11 bits per heavy atom. The second-order valence-electron chi connectivity index (χ2n) is 4.53. The molecule has 0 spiro atoms. The van der Waals surface area contributed by atoms with Gasteiger partial charge in [0.25, 0.3) is 0 Å². The van der Waals surface area contributed by atoms with Crippen LogP contribution in [0.1, 0.15) is 35.4 Å². The van der Waals surface area contributed by atoms with Crippen molar-refractivity contribution in [3.05, 3.63) is 56.5 Å². The highest BCUT2D eigenvalue weighted by atomic mass is 35.5. The van der Waals surface area contributed by atoms with Gasteiger partial charge in [-0.1, -0.05) is 24.6 Å². The topological polar surface area (TPSA) is 12.0 Å². The summed E-state index contributed by atoms with van der Waals surface area (Å²) in [7, 11) is 0. The summed E-state index contributed by atoms with van der Waals surface area (Å²) in [4.78, 5) is 1.12. The minimum Gasteiger partial charge on any atom is -0.306 e. The first-order valence-electron chi connectivity index (χ1n) is 6.36. The third-order valence-electron chi connectivity index (χ3n) is 3.03. The fourth-order valence-corrected chi connectivity index (χ4v) is 3.21. The number of thiophene rings is 1. The van der Waals surface area contributed by atoms with E-state index in [1.807, 2.05) is 25.1 Å². The number of benzene rings is 1. The van der Waals surface area contributed by atoms with Gasteiger partial charge in [0.2, 0.25) is 0 Å². The largest absolute Gasteiger partial charge is 0.306 e. The van der Waals surface area contributed by atoms with Crippen molar-refractivity contribution in [3.8, 4) is 0 Å². The molecule has 1 nitrogen and oxygen atoms in total. The summed E-state index contributed by atoms with van der Waals surface area (Å²) in [5.74, 6) is -0.202. The summed E-state index contributed by atoms with van der Waals surface area (Å²) < 4.78 is 14.3. The van der Waals surface area contributed by atoms with Gasteiger partial charge in [0.05, 0.1) is 10.4 Å². The predicted octanol–water partition coefficient (Wildman–Crippen LogP) is 4.94. The maximum absolute atomic E-state index is 13.5. The Labute approximate surface area is 122 Å². The maximum Gasteiger partial charge on any atom is 0.123 e. The summed E-state index contributed by atoms with van der Waals surface area (Å²) in [6.07, 6.45) is 1.03. The standard InChI is InChI=1S/C15H17ClFNS/c1-3-8-18-15(13-6-7-14(16)19-13)12-9-11(17)5-4-10(12)2/h4-7,9,15,18H,3,8H2,1-2H3. The zero-order chi connectivity index (χ0) is 13.8. The van der Waals surface area contributed by atoms with E-state index in [1.54, 1.807) is 6.07 Å². The fraction of sp³-hybridized carbons (Fsp3) is 0.333. The van der Waals surface area contributed by atoms with Crippen molar-refractivity contribution in [2.45, 2.75) is 26.3 Å². The van der Waals surface area contributed by atoms with Crippen LogP contribution in [0, 0.1) is 12.7 Å². The van der Waals surface area contributed by atoms with Crippen LogP contribution in [0.3, 0.4) is 0 Å². The van der Waals surface area contributed by atoms with E-state index in [-0.39, 0.29) is 11.9 Å². The van der Waals surface area contributed by atoms with Gasteiger partial charge in [0.15, 0.2) is 0 Å². The van der Waals surface area contributed by atoms with E-state index < -0.39 is 0 Å². The number of halogens is 2. The zero-order valence-electron chi connectivity index (χ0n) is 11.0. The van der Waals surface area contributed by atoms with E-state index >= 15 is 0 Å². The van der Waals surface area contributed by atoms with Crippen LogP contribution in [0.2, 0.25) is 4.34 Å². The van der Waals surface area contributed by atoms with Crippen molar-refractivity contribution >= 4 is 22.9 Å². The molecule has 1 atom stereocenters. The van der Waals surface area contributed by atoms with E-state index in [2.05, 4.69) is 12.2 Å². The minimum absolute atomic E-state index is 0.00755. The van der Waals surface area contributed by atoms with Gasteiger partial charge in [-0.15, -0.1) is 11.3 Å². The summed E-state index contributed by atoms with van der Waals surface area (Å²) in [5.41, 5.74) is 2.06. The summed E-state index contributed by atoms with van der Waals surface area (Å²) in [6, 6.07) is 8.82. The predicted molar refractivity (Wildman–Crippen MR) is 80.6 cm³/mol. The molecule has 1 N–H and O–H groups in total. The molecule has 0 amide bonds. The zero-order valence-corrected chi connectivity index (χ0v) is 12.6. The molecular formula is C15H17ClFNS. The van der Waals surface area contributed by atoms with Gasteiger partial charge >= 0.3 is 0 Å². The second kappa shape index (κ2) is 6.51. The molecule has 0 radical (unpaired) electrons. The first kappa shape index (κ1) is 14.5. The Morgan fingerprint density at radius 3 is 2.74 bits per heavy atom. The molecule has 0 saturated carbocycles. The lowest BCUT2D eigenvalue weighted by atomic mass is 9.99. The van der Waals surface area contributed by atoms with E-state index in [0.717, 1.165) is 33.3 Å². The van der Waals surface area contributed by atoms with E-state index in [4.69, 9.17) is 11.6 Å². The van der Waals surface area contributed by atoms with E-state index in [9.17, 15) is 4.39 Å². The molecule has 19 heavy (non-hydrogen) atoms. The summed E-state index contributed by atoms with van der Waals surface area (Å²) in [6.45, 7) is 5.00. The number of hydrogen-bond donors (Lipinski definition) is 1. The fourth-order valence-electron chi connectivity index (χ4n) is 2.06. The quantitative estimate of drug-likeness (QED) is 0.824. The smallest absolute Gasteiger partial charge is 0.123 e. The molecule has 0 aliphatic rings. The van der Waals surface area contributed by atoms with Crippen LogP contribution < -0.4 is 5.32 Å². The highest BCUT2D eigenvalue weighted by Gasteiger charge is 2.18. The van der Waals surface area contributed by atoms with Crippen molar-refractivity contribution in [1.82, 2.24) is 5.32 Å². The molecule has 0 saturated heterocycles. The molecule has 0 aliphatic heterocycles. The van der Waals surface area contributed by atoms with Crippen LogP contribution in [-0.2, 0) is 0 Å². The highest BCUT2D eigenvalue weighted by molar-refractivity contribution is 7.16. The van der Waals surface area contributed by atoms with Crippen molar-refractivity contribution < 1.29 is 4.39 Å². The first-order chi connectivity index (χ1) is 9.11. The van der Waals surface area contributed by atoms with Gasteiger partial charge in [-0.3, -0.25) is 0 Å². The van der Waals surface area contributed by atoms with Gasteiger partial charge < -0.3 is 5.32 Å². The van der Waals surface area contributed by atoms with Crippen molar-refractivity contribution in [1.29, 1.82) is 0 Å². The van der Waals surface area contributed by atoms with Gasteiger partial charge in [-0.2, -0.15) is 0 Å². The van der Waals surface area contributed by atoms with Crippen molar-refractivity contribution in [3.63, 3.8) is 0 Å². The minimum atomic E-state index is -0.202. The molecule has 1 heterocycles. The van der Waals surface area contributed by atoms with Crippen LogP contribution in [0.4, 0.5) is 4.39 Å². The van der Waals surface area contributed by atoms with Crippen LogP contribution in [0.5, 0.6) is 0 Å². The van der Waals surface area contributed by atoms with Gasteiger partial charge in [-0.05, 0) is 55.3 Å². The Morgan fingerprint density at radius 1 is 1.32 bits per heavy atom.